The Kier molecular flexibility index (Phi) is 4.23. The molecule has 0 N–H and O–H groups in total. The van der Waals surface area contributed by atoms with Crippen molar-refractivity contribution in [1.29, 1.82) is 0 Å². The number of nitroso groups, excluding NO2 is 1. The lowest BCUT2D eigenvalue weighted by Crippen LogP contribution is -1.91. The first-order valence-electron chi connectivity index (χ1n) is 2.79. The van der Waals surface area contributed by atoms with Crippen LogP contribution in [-0.4, -0.2) is 5.52 Å². The maximum absolute atomic E-state index is 10.7. The molecule has 1 atom stereocenters. The lowest BCUT2D eigenvalue weighted by molar-refractivity contribution is -0.107. The van der Waals surface area contributed by atoms with Crippen molar-refractivity contribution in [3.8, 4) is 0 Å². The fourth-order valence-corrected chi connectivity index (χ4v) is 0.794. The molecule has 0 rings (SSSR count). The summed E-state index contributed by atoms with van der Waals surface area (Å²) in [6.45, 7) is 6.68. The van der Waals surface area contributed by atoms with Crippen LogP contribution in [0.15, 0.2) is 41.8 Å². The Bertz CT molecular complexity index is 233. The highest BCUT2D eigenvalue weighted by Crippen LogP contribution is 2.12. The van der Waals surface area contributed by atoms with Gasteiger partial charge in [0.05, 0.1) is 5.57 Å². The summed E-state index contributed by atoms with van der Waals surface area (Å²) in [6, 6.07) is 0. The van der Waals surface area contributed by atoms with Gasteiger partial charge in [0.1, 0.15) is 5.70 Å². The van der Waals surface area contributed by atoms with Crippen molar-refractivity contribution in [3.63, 3.8) is 0 Å². The smallest absolute Gasteiger partial charge is 0.180 e. The van der Waals surface area contributed by atoms with Crippen molar-refractivity contribution in [3.05, 3.63) is 41.5 Å². The summed E-state index contributed by atoms with van der Waals surface area (Å²) in [5.74, 6) is 0. The van der Waals surface area contributed by atoms with Crippen LogP contribution in [0.1, 0.15) is 0 Å². The first kappa shape index (κ1) is 9.92. The second-order valence-corrected chi connectivity index (χ2v) is 2.19. The molecule has 0 aromatic heterocycles. The van der Waals surface area contributed by atoms with E-state index in [9.17, 15) is 9.70 Å². The van der Waals surface area contributed by atoms with E-state index in [0.29, 0.717) is 0 Å². The third-order valence-corrected chi connectivity index (χ3v) is 1.35. The predicted molar refractivity (Wildman–Crippen MR) is 47.9 cm³/mol. The normalized spacial score (nSPS) is 11.4. The fourth-order valence-electron chi connectivity index (χ4n) is 0.528. The average molecular weight is 169 g/mol. The zero-order chi connectivity index (χ0) is 8.85. The Balaban J connectivity index is 5.08. The highest BCUT2D eigenvalue weighted by molar-refractivity contribution is 7.41. The molecule has 4 heteroatoms. The van der Waals surface area contributed by atoms with Gasteiger partial charge in [0.2, 0.25) is 0 Å². The van der Waals surface area contributed by atoms with Crippen molar-refractivity contribution >= 4 is 14.8 Å². The van der Waals surface area contributed by atoms with E-state index in [0.717, 1.165) is 0 Å². The lowest BCUT2D eigenvalue weighted by Gasteiger charge is -1.94. The van der Waals surface area contributed by atoms with E-state index in [2.05, 4.69) is 18.3 Å². The van der Waals surface area contributed by atoms with E-state index in [-0.39, 0.29) is 16.8 Å². The van der Waals surface area contributed by atoms with E-state index >= 15 is 0 Å². The third-order valence-electron chi connectivity index (χ3n) is 1.04. The van der Waals surface area contributed by atoms with Gasteiger partial charge in [-0.3, -0.25) is 4.79 Å². The van der Waals surface area contributed by atoms with Gasteiger partial charge in [0.15, 0.2) is 5.52 Å². The number of allylic oxidation sites excluding steroid dienone is 3. The number of carbonyl (C=O) groups excluding carboxylic acids is 1. The van der Waals surface area contributed by atoms with Gasteiger partial charge >= 0.3 is 0 Å². The third kappa shape index (κ3) is 2.56. The van der Waals surface area contributed by atoms with Crippen molar-refractivity contribution < 1.29 is 4.79 Å². The standard InChI is InChI=1S/C7H8NO2P/c1-3-5(7(9)11)6(4-2)8-10/h3-4H,1-2,11H2/b6-5-. The Labute approximate surface area is 67.0 Å². The largest absolute Gasteiger partial charge is 0.290 e. The van der Waals surface area contributed by atoms with Gasteiger partial charge in [-0.1, -0.05) is 28.5 Å². The van der Waals surface area contributed by atoms with Gasteiger partial charge in [0.25, 0.3) is 0 Å². The van der Waals surface area contributed by atoms with Crippen LogP contribution in [-0.2, 0) is 4.79 Å². The minimum absolute atomic E-state index is 0.0139. The van der Waals surface area contributed by atoms with E-state index in [1.807, 2.05) is 9.24 Å². The lowest BCUT2D eigenvalue weighted by atomic mass is 10.2. The van der Waals surface area contributed by atoms with Crippen LogP contribution >= 0.6 is 9.24 Å². The SMILES string of the molecule is C=C/C(N=O)=C(\C=C)C(=O)P. The van der Waals surface area contributed by atoms with Crippen molar-refractivity contribution in [2.75, 3.05) is 0 Å². The first-order valence-corrected chi connectivity index (χ1v) is 3.37. The summed E-state index contributed by atoms with van der Waals surface area (Å²) in [6.07, 6.45) is 2.49. The molecule has 0 aromatic rings. The molecule has 0 fully saturated rings. The van der Waals surface area contributed by atoms with Crippen LogP contribution in [0.25, 0.3) is 0 Å². The molecule has 0 heterocycles. The molecule has 0 saturated carbocycles. The molecule has 0 aliphatic rings. The van der Waals surface area contributed by atoms with Gasteiger partial charge in [0, 0.05) is 0 Å². The minimum atomic E-state index is -0.325. The maximum Gasteiger partial charge on any atom is 0.180 e. The molecule has 0 radical (unpaired) electrons. The summed E-state index contributed by atoms with van der Waals surface area (Å²) in [5, 5.41) is 2.61. The predicted octanol–water partition coefficient (Wildman–Crippen LogP) is 1.78. The van der Waals surface area contributed by atoms with E-state index < -0.39 is 0 Å². The van der Waals surface area contributed by atoms with Crippen LogP contribution < -0.4 is 0 Å². The van der Waals surface area contributed by atoms with Crippen LogP contribution in [0, 0.1) is 4.91 Å². The number of nitrogens with zero attached hydrogens (tertiary/aromatic N) is 1. The zero-order valence-corrected chi connectivity index (χ0v) is 7.06. The highest BCUT2D eigenvalue weighted by atomic mass is 31.0. The Morgan fingerprint density at radius 3 is 2.00 bits per heavy atom. The molecule has 0 spiro atoms. The second kappa shape index (κ2) is 4.69. The van der Waals surface area contributed by atoms with Gasteiger partial charge < -0.3 is 0 Å². The van der Waals surface area contributed by atoms with E-state index in [1.54, 1.807) is 0 Å². The average Bonchev–Trinajstić information content (AvgIpc) is 1.99. The van der Waals surface area contributed by atoms with Gasteiger partial charge in [-0.05, 0) is 11.3 Å². The summed E-state index contributed by atoms with van der Waals surface area (Å²) in [7, 11) is 1.93. The van der Waals surface area contributed by atoms with Crippen LogP contribution in [0.3, 0.4) is 0 Å². The van der Waals surface area contributed by atoms with Gasteiger partial charge in [-0.15, -0.1) is 4.91 Å². The monoisotopic (exact) mass is 169 g/mol. The summed E-state index contributed by atoms with van der Waals surface area (Å²) in [4.78, 5) is 20.8. The maximum atomic E-state index is 10.7. The molecule has 0 aliphatic carbocycles. The number of rotatable bonds is 4. The van der Waals surface area contributed by atoms with Crippen molar-refractivity contribution in [2.45, 2.75) is 0 Å². The van der Waals surface area contributed by atoms with Crippen molar-refractivity contribution in [2.24, 2.45) is 5.18 Å². The summed E-state index contributed by atoms with van der Waals surface area (Å²) in [5.41, 5.74) is -0.144. The fraction of sp³-hybridized carbons (Fsp3) is 0. The highest BCUT2D eigenvalue weighted by Gasteiger charge is 2.04. The molecule has 0 bridgehead atoms. The second-order valence-electron chi connectivity index (χ2n) is 1.66. The van der Waals surface area contributed by atoms with Crippen LogP contribution in [0.5, 0.6) is 0 Å². The molecule has 11 heavy (non-hydrogen) atoms. The topological polar surface area (TPSA) is 46.5 Å². The van der Waals surface area contributed by atoms with Crippen LogP contribution in [0.2, 0.25) is 0 Å². The summed E-state index contributed by atoms with van der Waals surface area (Å²) >= 11 is 0. The van der Waals surface area contributed by atoms with Crippen LogP contribution in [0.4, 0.5) is 0 Å². The van der Waals surface area contributed by atoms with E-state index in [4.69, 9.17) is 0 Å². The minimum Gasteiger partial charge on any atom is -0.290 e. The Morgan fingerprint density at radius 2 is 1.91 bits per heavy atom. The molecule has 0 amide bonds. The zero-order valence-electron chi connectivity index (χ0n) is 5.91. The molecular weight excluding hydrogens is 161 g/mol. The number of hydrogen-bond donors (Lipinski definition) is 0. The molecule has 3 nitrogen and oxygen atoms in total. The summed E-state index contributed by atoms with van der Waals surface area (Å²) < 4.78 is 0. The van der Waals surface area contributed by atoms with Gasteiger partial charge in [-0.25, -0.2) is 0 Å². The van der Waals surface area contributed by atoms with Crippen molar-refractivity contribution in [1.82, 2.24) is 0 Å². The quantitative estimate of drug-likeness (QED) is 0.278. The number of carbonyl (C=O) groups is 1. The molecule has 58 valence electrons. The molecule has 0 aromatic carbocycles. The molecular formula is C7H8NO2P. The van der Waals surface area contributed by atoms with Gasteiger partial charge in [-0.2, -0.15) is 0 Å². The Hall–Kier alpha value is -1.08. The Morgan fingerprint density at radius 1 is 1.36 bits per heavy atom. The molecule has 0 aliphatic heterocycles. The molecule has 0 saturated heterocycles. The number of hydrogen-bond acceptors (Lipinski definition) is 3. The molecule has 1 unspecified atom stereocenters. The first-order chi connectivity index (χ1) is 5.17. The van der Waals surface area contributed by atoms with E-state index in [1.165, 1.54) is 12.2 Å².